The predicted octanol–water partition coefficient (Wildman–Crippen LogP) is 0.456. The third-order valence-electron chi connectivity index (χ3n) is 2.29. The van der Waals surface area contributed by atoms with Crippen LogP contribution in [0.3, 0.4) is 0 Å². The summed E-state index contributed by atoms with van der Waals surface area (Å²) in [4.78, 5) is 0. The molecule has 14 heavy (non-hydrogen) atoms. The third kappa shape index (κ3) is 4.39. The van der Waals surface area contributed by atoms with Crippen molar-refractivity contribution in [3.8, 4) is 0 Å². The fourth-order valence-corrected chi connectivity index (χ4v) is 1.83. The fraction of sp³-hybridized carbons (Fsp3) is 1.00. The first kappa shape index (κ1) is 11.9. The average molecular weight is 220 g/mol. The molecule has 0 spiro atoms. The Morgan fingerprint density at radius 1 is 1.29 bits per heavy atom. The van der Waals surface area contributed by atoms with E-state index in [9.17, 15) is 8.42 Å². The van der Waals surface area contributed by atoms with Gasteiger partial charge >= 0.3 is 0 Å². The van der Waals surface area contributed by atoms with Crippen molar-refractivity contribution < 1.29 is 8.42 Å². The number of nitrogens with one attached hydrogen (secondary N) is 2. The smallest absolute Gasteiger partial charge is 0.213 e. The zero-order valence-corrected chi connectivity index (χ0v) is 9.73. The van der Waals surface area contributed by atoms with Gasteiger partial charge in [-0.3, -0.25) is 0 Å². The van der Waals surface area contributed by atoms with Gasteiger partial charge in [0.05, 0.1) is 5.25 Å². The second-order valence-electron chi connectivity index (χ2n) is 4.07. The van der Waals surface area contributed by atoms with Gasteiger partial charge in [-0.05, 0) is 39.7 Å². The molecule has 1 saturated carbocycles. The first-order valence-electron chi connectivity index (χ1n) is 5.24. The predicted molar refractivity (Wildman–Crippen MR) is 57.7 cm³/mol. The maximum Gasteiger partial charge on any atom is 0.213 e. The van der Waals surface area contributed by atoms with E-state index in [1.807, 2.05) is 0 Å². The molecule has 2 N–H and O–H groups in total. The quantitative estimate of drug-likeness (QED) is 0.613. The van der Waals surface area contributed by atoms with Crippen LogP contribution in [0.4, 0.5) is 0 Å². The van der Waals surface area contributed by atoms with Gasteiger partial charge in [-0.2, -0.15) is 0 Å². The van der Waals surface area contributed by atoms with Crippen LogP contribution in [-0.2, 0) is 10.0 Å². The lowest BCUT2D eigenvalue weighted by molar-refractivity contribution is 0.565. The molecule has 0 amide bonds. The summed E-state index contributed by atoms with van der Waals surface area (Å²) in [6, 6.07) is 0.705. The highest BCUT2D eigenvalue weighted by atomic mass is 32.2. The SMILES string of the molecule is CC(C)S(=O)(=O)NCCCNC1CC1. The third-order valence-corrected chi connectivity index (χ3v) is 4.14. The van der Waals surface area contributed by atoms with Crippen molar-refractivity contribution in [2.75, 3.05) is 13.1 Å². The molecule has 1 aliphatic carbocycles. The zero-order chi connectivity index (χ0) is 10.6. The van der Waals surface area contributed by atoms with Crippen molar-refractivity contribution >= 4 is 10.0 Å². The van der Waals surface area contributed by atoms with Crippen molar-refractivity contribution in [2.24, 2.45) is 0 Å². The normalized spacial score (nSPS) is 17.6. The maximum absolute atomic E-state index is 11.3. The lowest BCUT2D eigenvalue weighted by Crippen LogP contribution is -2.33. The average Bonchev–Trinajstić information content (AvgIpc) is 2.87. The Kier molecular flexibility index (Phi) is 4.34. The second-order valence-corrected chi connectivity index (χ2v) is 6.39. The largest absolute Gasteiger partial charge is 0.314 e. The van der Waals surface area contributed by atoms with Crippen LogP contribution >= 0.6 is 0 Å². The van der Waals surface area contributed by atoms with Crippen molar-refractivity contribution in [3.05, 3.63) is 0 Å². The van der Waals surface area contributed by atoms with Crippen LogP contribution in [0.25, 0.3) is 0 Å². The van der Waals surface area contributed by atoms with E-state index in [1.165, 1.54) is 12.8 Å². The van der Waals surface area contributed by atoms with Crippen LogP contribution in [0.5, 0.6) is 0 Å². The molecule has 0 unspecified atom stereocenters. The van der Waals surface area contributed by atoms with Crippen molar-refractivity contribution in [1.29, 1.82) is 0 Å². The standard InChI is InChI=1S/C9H20N2O2S/c1-8(2)14(12,13)11-7-3-6-10-9-4-5-9/h8-11H,3-7H2,1-2H3. The van der Waals surface area contributed by atoms with E-state index in [2.05, 4.69) is 10.0 Å². The second kappa shape index (κ2) is 5.09. The minimum atomic E-state index is -3.06. The van der Waals surface area contributed by atoms with Gasteiger partial charge in [-0.1, -0.05) is 0 Å². The van der Waals surface area contributed by atoms with E-state index in [1.54, 1.807) is 13.8 Å². The maximum atomic E-state index is 11.3. The van der Waals surface area contributed by atoms with Crippen LogP contribution in [-0.4, -0.2) is 32.8 Å². The fourth-order valence-electron chi connectivity index (χ4n) is 1.06. The van der Waals surface area contributed by atoms with Gasteiger partial charge in [-0.25, -0.2) is 13.1 Å². The number of rotatable bonds is 7. The Hall–Kier alpha value is -0.130. The van der Waals surface area contributed by atoms with Crippen LogP contribution in [0.15, 0.2) is 0 Å². The zero-order valence-electron chi connectivity index (χ0n) is 8.91. The molecular weight excluding hydrogens is 200 g/mol. The van der Waals surface area contributed by atoms with Gasteiger partial charge in [0, 0.05) is 12.6 Å². The number of hydrogen-bond acceptors (Lipinski definition) is 3. The van der Waals surface area contributed by atoms with E-state index < -0.39 is 10.0 Å². The summed E-state index contributed by atoms with van der Waals surface area (Å²) in [5.74, 6) is 0. The van der Waals surface area contributed by atoms with Crippen LogP contribution in [0.2, 0.25) is 0 Å². The van der Waals surface area contributed by atoms with Gasteiger partial charge < -0.3 is 5.32 Å². The van der Waals surface area contributed by atoms with E-state index in [0.29, 0.717) is 12.6 Å². The highest BCUT2D eigenvalue weighted by molar-refractivity contribution is 7.90. The first-order chi connectivity index (χ1) is 6.52. The Morgan fingerprint density at radius 2 is 1.93 bits per heavy atom. The molecule has 1 aliphatic rings. The number of sulfonamides is 1. The molecule has 0 radical (unpaired) electrons. The molecule has 0 bridgehead atoms. The summed E-state index contributed by atoms with van der Waals surface area (Å²) in [5.41, 5.74) is 0. The Labute approximate surface area is 86.5 Å². The van der Waals surface area contributed by atoms with E-state index >= 15 is 0 Å². The molecule has 0 atom stereocenters. The lowest BCUT2D eigenvalue weighted by Gasteiger charge is -2.09. The van der Waals surface area contributed by atoms with Crippen LogP contribution < -0.4 is 10.0 Å². The molecule has 0 aromatic heterocycles. The van der Waals surface area contributed by atoms with Crippen molar-refractivity contribution in [1.82, 2.24) is 10.0 Å². The molecule has 0 aliphatic heterocycles. The van der Waals surface area contributed by atoms with Gasteiger partial charge in [0.2, 0.25) is 10.0 Å². The molecule has 0 heterocycles. The molecule has 5 heteroatoms. The van der Waals surface area contributed by atoms with Gasteiger partial charge in [0.1, 0.15) is 0 Å². The molecule has 84 valence electrons. The van der Waals surface area contributed by atoms with E-state index in [0.717, 1.165) is 13.0 Å². The summed E-state index contributed by atoms with van der Waals surface area (Å²) in [7, 11) is -3.06. The van der Waals surface area contributed by atoms with Crippen LogP contribution in [0, 0.1) is 0 Å². The minimum Gasteiger partial charge on any atom is -0.314 e. The van der Waals surface area contributed by atoms with Gasteiger partial charge in [-0.15, -0.1) is 0 Å². The lowest BCUT2D eigenvalue weighted by atomic mass is 10.4. The van der Waals surface area contributed by atoms with Crippen molar-refractivity contribution in [3.63, 3.8) is 0 Å². The summed E-state index contributed by atoms with van der Waals surface area (Å²) >= 11 is 0. The summed E-state index contributed by atoms with van der Waals surface area (Å²) in [6.45, 7) is 4.82. The Balaban J connectivity index is 2.02. The Bertz CT molecular complexity index is 258. The summed E-state index contributed by atoms with van der Waals surface area (Å²) in [5, 5.41) is 3.00. The monoisotopic (exact) mass is 220 g/mol. The summed E-state index contributed by atoms with van der Waals surface area (Å²) in [6.07, 6.45) is 3.41. The van der Waals surface area contributed by atoms with E-state index in [-0.39, 0.29) is 5.25 Å². The first-order valence-corrected chi connectivity index (χ1v) is 6.79. The van der Waals surface area contributed by atoms with Gasteiger partial charge in [0.15, 0.2) is 0 Å². The van der Waals surface area contributed by atoms with E-state index in [4.69, 9.17) is 0 Å². The topological polar surface area (TPSA) is 58.2 Å². The highest BCUT2D eigenvalue weighted by Gasteiger charge is 2.19. The number of hydrogen-bond donors (Lipinski definition) is 2. The molecule has 4 nitrogen and oxygen atoms in total. The van der Waals surface area contributed by atoms with Crippen molar-refractivity contribution in [2.45, 2.75) is 44.4 Å². The Morgan fingerprint density at radius 3 is 2.43 bits per heavy atom. The molecular formula is C9H20N2O2S. The molecule has 0 aromatic rings. The molecule has 0 aromatic carbocycles. The molecule has 0 saturated heterocycles. The molecule has 1 rings (SSSR count). The van der Waals surface area contributed by atoms with Crippen LogP contribution in [0.1, 0.15) is 33.1 Å². The minimum absolute atomic E-state index is 0.334. The highest BCUT2D eigenvalue weighted by Crippen LogP contribution is 2.18. The summed E-state index contributed by atoms with van der Waals surface area (Å²) < 4.78 is 25.2. The van der Waals surface area contributed by atoms with Gasteiger partial charge in [0.25, 0.3) is 0 Å². The molecule has 1 fully saturated rings.